The van der Waals surface area contributed by atoms with Crippen LogP contribution in [0.3, 0.4) is 0 Å². The average molecular weight is 290 g/mol. The zero-order valence-electron chi connectivity index (χ0n) is 13.1. The molecule has 1 heterocycles. The lowest BCUT2D eigenvalue weighted by molar-refractivity contribution is -0.136. The van der Waals surface area contributed by atoms with Crippen molar-refractivity contribution in [1.82, 2.24) is 10.2 Å². The summed E-state index contributed by atoms with van der Waals surface area (Å²) >= 11 is 0. The highest BCUT2D eigenvalue weighted by Gasteiger charge is 2.33. The number of aliphatic carboxylic acids is 1. The fraction of sp³-hybridized carbons (Fsp3) is 0.588. The van der Waals surface area contributed by atoms with Gasteiger partial charge in [-0.15, -0.1) is 0 Å². The van der Waals surface area contributed by atoms with Crippen LogP contribution >= 0.6 is 0 Å². The molecule has 4 nitrogen and oxygen atoms in total. The molecule has 0 bridgehead atoms. The fourth-order valence-electron chi connectivity index (χ4n) is 3.06. The molecule has 0 spiro atoms. The van der Waals surface area contributed by atoms with E-state index in [1.807, 2.05) is 0 Å². The Bertz CT molecular complexity index is 489. The van der Waals surface area contributed by atoms with E-state index >= 15 is 0 Å². The summed E-state index contributed by atoms with van der Waals surface area (Å²) in [5.74, 6) is -0.783. The van der Waals surface area contributed by atoms with E-state index in [0.717, 1.165) is 38.9 Å². The quantitative estimate of drug-likeness (QED) is 0.807. The molecule has 0 amide bonds. The van der Waals surface area contributed by atoms with Crippen LogP contribution in [0.2, 0.25) is 0 Å². The normalized spacial score (nSPS) is 22.6. The van der Waals surface area contributed by atoms with E-state index in [1.165, 1.54) is 11.1 Å². The van der Waals surface area contributed by atoms with Gasteiger partial charge in [0.15, 0.2) is 0 Å². The highest BCUT2D eigenvalue weighted by Crippen LogP contribution is 2.21. The Labute approximate surface area is 127 Å². The fourth-order valence-corrected chi connectivity index (χ4v) is 3.06. The third-order valence-corrected chi connectivity index (χ3v) is 4.40. The summed E-state index contributed by atoms with van der Waals surface area (Å²) in [5, 5.41) is 11.9. The number of aryl methyl sites for hydroxylation is 2. The number of likely N-dealkylation sites (tertiary alicyclic amines) is 1. The Hall–Kier alpha value is -1.39. The summed E-state index contributed by atoms with van der Waals surface area (Å²) in [4.78, 5) is 13.1. The summed E-state index contributed by atoms with van der Waals surface area (Å²) in [5.41, 5.74) is 2.75. The van der Waals surface area contributed by atoms with E-state index in [1.54, 1.807) is 0 Å². The molecule has 0 unspecified atom stereocenters. The third kappa shape index (κ3) is 4.83. The second-order valence-electron chi connectivity index (χ2n) is 6.36. The molecule has 1 fully saturated rings. The number of benzene rings is 1. The van der Waals surface area contributed by atoms with Crippen LogP contribution in [-0.4, -0.2) is 47.7 Å². The third-order valence-electron chi connectivity index (χ3n) is 4.40. The molecule has 0 saturated carbocycles. The molecule has 1 aliphatic heterocycles. The second-order valence-corrected chi connectivity index (χ2v) is 6.36. The van der Waals surface area contributed by atoms with Gasteiger partial charge < -0.3 is 15.3 Å². The van der Waals surface area contributed by atoms with Gasteiger partial charge in [0.2, 0.25) is 0 Å². The number of nitrogens with zero attached hydrogens (tertiary/aromatic N) is 1. The van der Waals surface area contributed by atoms with Crippen LogP contribution in [0.1, 0.15) is 30.9 Å². The first kappa shape index (κ1) is 16.0. The lowest BCUT2D eigenvalue weighted by atomic mass is 10.0. The van der Waals surface area contributed by atoms with Gasteiger partial charge in [-0.2, -0.15) is 0 Å². The average Bonchev–Trinajstić information content (AvgIpc) is 2.81. The number of rotatable bonds is 7. The molecule has 0 aromatic heterocycles. The lowest BCUT2D eigenvalue weighted by Crippen LogP contribution is -2.47. The number of hydrogen-bond acceptors (Lipinski definition) is 3. The molecule has 21 heavy (non-hydrogen) atoms. The van der Waals surface area contributed by atoms with Gasteiger partial charge >= 0.3 is 5.97 Å². The Kier molecular flexibility index (Phi) is 5.37. The van der Waals surface area contributed by atoms with Crippen molar-refractivity contribution < 1.29 is 9.90 Å². The molecule has 116 valence electrons. The van der Waals surface area contributed by atoms with Crippen LogP contribution in [-0.2, 0) is 11.2 Å². The van der Waals surface area contributed by atoms with Crippen molar-refractivity contribution in [2.75, 3.05) is 26.2 Å². The van der Waals surface area contributed by atoms with Crippen LogP contribution in [0.15, 0.2) is 24.3 Å². The minimum absolute atomic E-state index is 0.0492. The Balaban J connectivity index is 1.73. The van der Waals surface area contributed by atoms with Gasteiger partial charge in [-0.05, 0) is 50.8 Å². The van der Waals surface area contributed by atoms with Gasteiger partial charge in [-0.1, -0.05) is 24.3 Å². The topological polar surface area (TPSA) is 52.6 Å². The second kappa shape index (κ2) is 7.05. The summed E-state index contributed by atoms with van der Waals surface area (Å²) in [7, 11) is 0. The number of carboxylic acid groups (broad SMARTS) is 1. The van der Waals surface area contributed by atoms with Gasteiger partial charge in [-0.3, -0.25) is 4.79 Å². The molecule has 0 radical (unpaired) electrons. The van der Waals surface area contributed by atoms with Crippen molar-refractivity contribution >= 4 is 5.97 Å². The van der Waals surface area contributed by atoms with Crippen molar-refractivity contribution in [3.05, 3.63) is 35.4 Å². The predicted molar refractivity (Wildman–Crippen MR) is 84.6 cm³/mol. The first-order valence-corrected chi connectivity index (χ1v) is 7.72. The van der Waals surface area contributed by atoms with E-state index in [9.17, 15) is 4.79 Å². The van der Waals surface area contributed by atoms with Crippen LogP contribution in [0.4, 0.5) is 0 Å². The molecule has 1 aliphatic rings. The predicted octanol–water partition coefficient (Wildman–Crippen LogP) is 2.07. The van der Waals surface area contributed by atoms with E-state index in [-0.39, 0.29) is 12.1 Å². The lowest BCUT2D eigenvalue weighted by Gasteiger charge is -2.25. The summed E-state index contributed by atoms with van der Waals surface area (Å²) in [6, 6.07) is 8.56. The molecule has 1 atom stereocenters. The van der Waals surface area contributed by atoms with Crippen molar-refractivity contribution in [3.63, 3.8) is 0 Å². The largest absolute Gasteiger partial charge is 0.480 e. The van der Waals surface area contributed by atoms with E-state index in [2.05, 4.69) is 48.3 Å². The minimum atomic E-state index is -0.783. The zero-order valence-corrected chi connectivity index (χ0v) is 13.1. The Morgan fingerprint density at radius 1 is 1.43 bits per heavy atom. The Morgan fingerprint density at radius 2 is 2.19 bits per heavy atom. The van der Waals surface area contributed by atoms with Crippen LogP contribution in [0, 0.1) is 6.92 Å². The molecule has 1 saturated heterocycles. The number of carboxylic acids is 1. The van der Waals surface area contributed by atoms with Crippen molar-refractivity contribution in [3.8, 4) is 0 Å². The standard InChI is InChI=1S/C17H26N2O2/c1-14-6-3-4-7-15(14)8-5-10-19-11-9-17(2,13-19)18-12-16(20)21/h3-4,6-7,18H,5,8-13H2,1-2H3,(H,20,21)/t17-/m1/s1. The smallest absolute Gasteiger partial charge is 0.317 e. The van der Waals surface area contributed by atoms with Crippen molar-refractivity contribution in [2.45, 2.75) is 38.6 Å². The monoisotopic (exact) mass is 290 g/mol. The highest BCUT2D eigenvalue weighted by molar-refractivity contribution is 5.69. The number of hydrogen-bond donors (Lipinski definition) is 2. The zero-order chi connectivity index (χ0) is 15.3. The van der Waals surface area contributed by atoms with Crippen molar-refractivity contribution in [2.24, 2.45) is 0 Å². The first-order chi connectivity index (χ1) is 9.98. The molecule has 4 heteroatoms. The minimum Gasteiger partial charge on any atom is -0.480 e. The van der Waals surface area contributed by atoms with Gasteiger partial charge in [-0.25, -0.2) is 0 Å². The molecule has 1 aromatic carbocycles. The highest BCUT2D eigenvalue weighted by atomic mass is 16.4. The first-order valence-electron chi connectivity index (χ1n) is 7.72. The molecule has 2 rings (SSSR count). The molecular weight excluding hydrogens is 264 g/mol. The maximum atomic E-state index is 10.7. The SMILES string of the molecule is Cc1ccccc1CCCN1CC[C@@](C)(NCC(=O)O)C1. The molecule has 0 aliphatic carbocycles. The number of carbonyl (C=O) groups is 1. The Morgan fingerprint density at radius 3 is 2.90 bits per heavy atom. The summed E-state index contributed by atoms with van der Waals surface area (Å²) in [6.45, 7) is 7.41. The van der Waals surface area contributed by atoms with Gasteiger partial charge in [0, 0.05) is 18.6 Å². The van der Waals surface area contributed by atoms with Gasteiger partial charge in [0.1, 0.15) is 0 Å². The molecular formula is C17H26N2O2. The number of nitrogens with one attached hydrogen (secondary N) is 1. The summed E-state index contributed by atoms with van der Waals surface area (Å²) < 4.78 is 0. The maximum absolute atomic E-state index is 10.7. The van der Waals surface area contributed by atoms with Crippen molar-refractivity contribution in [1.29, 1.82) is 0 Å². The van der Waals surface area contributed by atoms with Crippen LogP contribution in [0.25, 0.3) is 0 Å². The van der Waals surface area contributed by atoms with E-state index in [0.29, 0.717) is 0 Å². The summed E-state index contributed by atoms with van der Waals surface area (Å²) in [6.07, 6.45) is 3.28. The molecule has 2 N–H and O–H groups in total. The van der Waals surface area contributed by atoms with Gasteiger partial charge in [0.25, 0.3) is 0 Å². The van der Waals surface area contributed by atoms with Gasteiger partial charge in [0.05, 0.1) is 6.54 Å². The maximum Gasteiger partial charge on any atom is 0.317 e. The van der Waals surface area contributed by atoms with E-state index in [4.69, 9.17) is 5.11 Å². The van der Waals surface area contributed by atoms with Crippen LogP contribution < -0.4 is 5.32 Å². The van der Waals surface area contributed by atoms with E-state index < -0.39 is 5.97 Å². The molecule has 1 aromatic rings. The van der Waals surface area contributed by atoms with Crippen LogP contribution in [0.5, 0.6) is 0 Å².